The molecule has 1 heterocycles. The Morgan fingerprint density at radius 3 is 2.60 bits per heavy atom. The zero-order valence-electron chi connectivity index (χ0n) is 11.8. The van der Waals surface area contributed by atoms with E-state index >= 15 is 0 Å². The Kier molecular flexibility index (Phi) is 6.54. The van der Waals surface area contributed by atoms with Crippen LogP contribution in [0.5, 0.6) is 5.88 Å². The molecule has 0 unspecified atom stereocenters. The van der Waals surface area contributed by atoms with Crippen LogP contribution >= 0.6 is 0 Å². The van der Waals surface area contributed by atoms with Crippen molar-refractivity contribution in [3.63, 3.8) is 0 Å². The van der Waals surface area contributed by atoms with Gasteiger partial charge in [0.2, 0.25) is 5.88 Å². The molecule has 0 bridgehead atoms. The van der Waals surface area contributed by atoms with Crippen LogP contribution in [0.2, 0.25) is 0 Å². The highest BCUT2D eigenvalue weighted by Crippen LogP contribution is 2.25. The van der Waals surface area contributed by atoms with Crippen LogP contribution in [0.25, 0.3) is 0 Å². The molecule has 0 amide bonds. The molecule has 0 saturated heterocycles. The third kappa shape index (κ3) is 5.63. The quantitative estimate of drug-likeness (QED) is 0.744. The van der Waals surface area contributed by atoms with Crippen molar-refractivity contribution in [1.29, 1.82) is 0 Å². The van der Waals surface area contributed by atoms with Crippen molar-refractivity contribution in [2.75, 3.05) is 18.5 Å². The number of ether oxygens (including phenoxy) is 1. The summed E-state index contributed by atoms with van der Waals surface area (Å²) in [6.45, 7) is 4.66. The molecular formula is C13H20F3N3O. The first-order valence-corrected chi connectivity index (χ1v) is 6.75. The Bertz CT molecular complexity index is 410. The molecule has 4 nitrogen and oxygen atoms in total. The summed E-state index contributed by atoms with van der Waals surface area (Å²) < 4.78 is 41.5. The van der Waals surface area contributed by atoms with Crippen molar-refractivity contribution in [3.05, 3.63) is 11.9 Å². The van der Waals surface area contributed by atoms with E-state index in [4.69, 9.17) is 4.74 Å². The normalized spacial score (nSPS) is 11.4. The van der Waals surface area contributed by atoms with E-state index in [1.807, 2.05) is 13.8 Å². The molecule has 1 rings (SSSR count). The Hall–Kier alpha value is -1.53. The summed E-state index contributed by atoms with van der Waals surface area (Å²) in [6.07, 6.45) is -2.11. The molecule has 0 fully saturated rings. The van der Waals surface area contributed by atoms with Gasteiger partial charge in [0.1, 0.15) is 12.1 Å². The van der Waals surface area contributed by atoms with Crippen molar-refractivity contribution < 1.29 is 17.9 Å². The highest BCUT2D eigenvalue weighted by atomic mass is 19.4. The lowest BCUT2D eigenvalue weighted by Crippen LogP contribution is -2.12. The van der Waals surface area contributed by atoms with Gasteiger partial charge in [-0.05, 0) is 19.8 Å². The molecule has 1 aromatic heterocycles. The SMILES string of the molecule is CCCc1c(NCC)ncnc1OCCCC(F)(F)F. The molecule has 1 aromatic rings. The minimum Gasteiger partial charge on any atom is -0.477 e. The van der Waals surface area contributed by atoms with Gasteiger partial charge in [-0.25, -0.2) is 9.97 Å². The number of nitrogens with zero attached hydrogens (tertiary/aromatic N) is 2. The molecule has 0 aromatic carbocycles. The van der Waals surface area contributed by atoms with Crippen LogP contribution in [0.4, 0.5) is 19.0 Å². The number of hydrogen-bond donors (Lipinski definition) is 1. The standard InChI is InChI=1S/C13H20F3N3O/c1-3-6-10-11(17-4-2)18-9-19-12(10)20-8-5-7-13(14,15)16/h9H,3-8H2,1-2H3,(H,17,18,19). The summed E-state index contributed by atoms with van der Waals surface area (Å²) in [5.74, 6) is 1.06. The fourth-order valence-electron chi connectivity index (χ4n) is 1.76. The van der Waals surface area contributed by atoms with Gasteiger partial charge in [0.15, 0.2) is 0 Å². The van der Waals surface area contributed by atoms with Gasteiger partial charge < -0.3 is 10.1 Å². The minimum absolute atomic E-state index is 0.00119. The molecule has 0 radical (unpaired) electrons. The van der Waals surface area contributed by atoms with Crippen LogP contribution in [0, 0.1) is 0 Å². The summed E-state index contributed by atoms with van der Waals surface area (Å²) in [5.41, 5.74) is 0.823. The second-order valence-corrected chi connectivity index (χ2v) is 4.35. The number of hydrogen-bond acceptors (Lipinski definition) is 4. The highest BCUT2D eigenvalue weighted by Gasteiger charge is 2.26. The summed E-state index contributed by atoms with van der Waals surface area (Å²) in [6, 6.07) is 0. The zero-order chi connectivity index (χ0) is 15.0. The lowest BCUT2D eigenvalue weighted by molar-refractivity contribution is -0.136. The second-order valence-electron chi connectivity index (χ2n) is 4.35. The average molecular weight is 291 g/mol. The maximum absolute atomic E-state index is 12.1. The predicted molar refractivity (Wildman–Crippen MR) is 71.0 cm³/mol. The van der Waals surface area contributed by atoms with Crippen molar-refractivity contribution in [1.82, 2.24) is 9.97 Å². The predicted octanol–water partition coefficient (Wildman–Crippen LogP) is 3.58. The minimum atomic E-state index is -4.14. The Morgan fingerprint density at radius 1 is 1.25 bits per heavy atom. The monoisotopic (exact) mass is 291 g/mol. The molecular weight excluding hydrogens is 271 g/mol. The van der Waals surface area contributed by atoms with E-state index in [2.05, 4.69) is 15.3 Å². The summed E-state index contributed by atoms with van der Waals surface area (Å²) in [7, 11) is 0. The zero-order valence-corrected chi connectivity index (χ0v) is 11.8. The van der Waals surface area contributed by atoms with Crippen molar-refractivity contribution in [2.24, 2.45) is 0 Å². The molecule has 0 aliphatic heterocycles. The van der Waals surface area contributed by atoms with Gasteiger partial charge in [-0.2, -0.15) is 13.2 Å². The lowest BCUT2D eigenvalue weighted by Gasteiger charge is -2.14. The smallest absolute Gasteiger partial charge is 0.389 e. The van der Waals surface area contributed by atoms with Gasteiger partial charge in [-0.15, -0.1) is 0 Å². The molecule has 7 heteroatoms. The van der Waals surface area contributed by atoms with Gasteiger partial charge in [0, 0.05) is 13.0 Å². The molecule has 0 spiro atoms. The van der Waals surface area contributed by atoms with E-state index in [0.29, 0.717) is 18.2 Å². The molecule has 0 saturated carbocycles. The third-order valence-electron chi connectivity index (χ3n) is 2.59. The topological polar surface area (TPSA) is 47.0 Å². The van der Waals surface area contributed by atoms with Crippen molar-refractivity contribution in [3.8, 4) is 5.88 Å². The lowest BCUT2D eigenvalue weighted by atomic mass is 10.1. The number of halogens is 3. The van der Waals surface area contributed by atoms with E-state index in [0.717, 1.165) is 18.4 Å². The number of aromatic nitrogens is 2. The van der Waals surface area contributed by atoms with Crippen LogP contribution in [0.15, 0.2) is 6.33 Å². The maximum atomic E-state index is 12.1. The largest absolute Gasteiger partial charge is 0.477 e. The fourth-order valence-corrected chi connectivity index (χ4v) is 1.76. The molecule has 1 N–H and O–H groups in total. The van der Waals surface area contributed by atoms with Crippen LogP contribution < -0.4 is 10.1 Å². The average Bonchev–Trinajstić information content (AvgIpc) is 2.37. The molecule has 0 aliphatic carbocycles. The first-order valence-electron chi connectivity index (χ1n) is 6.75. The number of anilines is 1. The maximum Gasteiger partial charge on any atom is 0.389 e. The van der Waals surface area contributed by atoms with E-state index in [1.54, 1.807) is 0 Å². The summed E-state index contributed by atoms with van der Waals surface area (Å²) in [5, 5.41) is 3.10. The van der Waals surface area contributed by atoms with E-state index in [1.165, 1.54) is 6.33 Å². The Morgan fingerprint density at radius 2 is 2.00 bits per heavy atom. The second kappa shape index (κ2) is 7.91. The Labute approximate surface area is 116 Å². The van der Waals surface area contributed by atoms with E-state index in [9.17, 15) is 13.2 Å². The van der Waals surface area contributed by atoms with Crippen LogP contribution in [0.1, 0.15) is 38.7 Å². The van der Waals surface area contributed by atoms with E-state index in [-0.39, 0.29) is 13.0 Å². The highest BCUT2D eigenvalue weighted by molar-refractivity contribution is 5.48. The number of alkyl halides is 3. The molecule has 0 atom stereocenters. The summed E-state index contributed by atoms with van der Waals surface area (Å²) in [4.78, 5) is 8.15. The molecule has 114 valence electrons. The van der Waals surface area contributed by atoms with Crippen LogP contribution in [0.3, 0.4) is 0 Å². The molecule has 20 heavy (non-hydrogen) atoms. The van der Waals surface area contributed by atoms with Crippen molar-refractivity contribution >= 4 is 5.82 Å². The Balaban J connectivity index is 2.66. The van der Waals surface area contributed by atoms with Crippen molar-refractivity contribution in [2.45, 2.75) is 45.7 Å². The molecule has 0 aliphatic rings. The summed E-state index contributed by atoms with van der Waals surface area (Å²) >= 11 is 0. The van der Waals surface area contributed by atoms with Gasteiger partial charge in [-0.3, -0.25) is 0 Å². The third-order valence-corrected chi connectivity index (χ3v) is 2.59. The first-order chi connectivity index (χ1) is 9.48. The number of nitrogens with one attached hydrogen (secondary N) is 1. The fraction of sp³-hybridized carbons (Fsp3) is 0.692. The first kappa shape index (κ1) is 16.5. The van der Waals surface area contributed by atoms with Gasteiger partial charge in [0.25, 0.3) is 0 Å². The number of rotatable bonds is 8. The van der Waals surface area contributed by atoms with Crippen LogP contribution in [-0.2, 0) is 6.42 Å². The van der Waals surface area contributed by atoms with Gasteiger partial charge in [0.05, 0.1) is 12.2 Å². The van der Waals surface area contributed by atoms with Gasteiger partial charge >= 0.3 is 6.18 Å². The van der Waals surface area contributed by atoms with Gasteiger partial charge in [-0.1, -0.05) is 13.3 Å². The van der Waals surface area contributed by atoms with E-state index < -0.39 is 12.6 Å². The van der Waals surface area contributed by atoms with Crippen LogP contribution in [-0.4, -0.2) is 29.3 Å².